The van der Waals surface area contributed by atoms with Gasteiger partial charge in [-0.15, -0.1) is 0 Å². The minimum atomic E-state index is -4.31. The zero-order valence-electron chi connectivity index (χ0n) is 11.8. The highest BCUT2D eigenvalue weighted by Crippen LogP contribution is 2.34. The van der Waals surface area contributed by atoms with Gasteiger partial charge in [-0.1, -0.05) is 0 Å². The Morgan fingerprint density at radius 1 is 1.14 bits per heavy atom. The van der Waals surface area contributed by atoms with E-state index in [1.165, 1.54) is 4.90 Å². The third-order valence-corrected chi connectivity index (χ3v) is 5.40. The lowest BCUT2D eigenvalue weighted by Crippen LogP contribution is -2.52. The van der Waals surface area contributed by atoms with Gasteiger partial charge in [0, 0.05) is 19.6 Å². The van der Waals surface area contributed by atoms with E-state index >= 15 is 0 Å². The van der Waals surface area contributed by atoms with Crippen LogP contribution in [0.25, 0.3) is 0 Å². The number of sulfonamides is 1. The molecular formula is C12H19F3N2O3S. The van der Waals surface area contributed by atoms with Crippen LogP contribution in [0.2, 0.25) is 0 Å². The first kappa shape index (κ1) is 16.5. The Morgan fingerprint density at radius 2 is 1.76 bits per heavy atom. The lowest BCUT2D eigenvalue weighted by Gasteiger charge is -2.36. The van der Waals surface area contributed by atoms with Gasteiger partial charge in [0.25, 0.3) is 0 Å². The minimum absolute atomic E-state index is 0.0216. The van der Waals surface area contributed by atoms with E-state index in [-0.39, 0.29) is 26.1 Å². The van der Waals surface area contributed by atoms with Gasteiger partial charge in [-0.25, -0.2) is 8.42 Å². The monoisotopic (exact) mass is 328 g/mol. The molecule has 122 valence electrons. The van der Waals surface area contributed by atoms with Crippen molar-refractivity contribution in [3.8, 4) is 0 Å². The second-order valence-electron chi connectivity index (χ2n) is 5.70. The van der Waals surface area contributed by atoms with Gasteiger partial charge in [-0.3, -0.25) is 4.79 Å². The van der Waals surface area contributed by atoms with Gasteiger partial charge >= 0.3 is 6.18 Å². The van der Waals surface area contributed by atoms with Crippen LogP contribution in [0.15, 0.2) is 0 Å². The Hall–Kier alpha value is -0.830. The zero-order chi connectivity index (χ0) is 15.8. The molecule has 9 heteroatoms. The molecule has 0 radical (unpaired) electrons. The van der Waals surface area contributed by atoms with E-state index in [9.17, 15) is 26.4 Å². The molecule has 0 saturated carbocycles. The number of carbonyl (C=O) groups is 1. The first-order chi connectivity index (χ1) is 9.60. The molecule has 21 heavy (non-hydrogen) atoms. The van der Waals surface area contributed by atoms with Crippen LogP contribution in [-0.4, -0.2) is 61.6 Å². The zero-order valence-corrected chi connectivity index (χ0v) is 12.6. The summed E-state index contributed by atoms with van der Waals surface area (Å²) >= 11 is 0. The lowest BCUT2D eigenvalue weighted by atomic mass is 9.97. The van der Waals surface area contributed by atoms with Crippen LogP contribution in [0.1, 0.15) is 25.7 Å². The third-order valence-electron chi connectivity index (χ3n) is 4.11. The number of likely N-dealkylation sites (tertiary alicyclic amines) is 1. The number of alkyl halides is 3. The molecule has 2 aliphatic heterocycles. The Labute approximate surface area is 122 Å². The molecule has 2 rings (SSSR count). The summed E-state index contributed by atoms with van der Waals surface area (Å²) in [6, 6.07) is -0.841. The highest BCUT2D eigenvalue weighted by Gasteiger charge is 2.45. The van der Waals surface area contributed by atoms with Crippen molar-refractivity contribution in [3.05, 3.63) is 0 Å². The number of rotatable bonds is 2. The molecule has 2 atom stereocenters. The number of hydrogen-bond donors (Lipinski definition) is 0. The normalized spacial score (nSPS) is 28.9. The van der Waals surface area contributed by atoms with Gasteiger partial charge in [-0.05, 0) is 25.7 Å². The molecule has 0 aliphatic carbocycles. The summed E-state index contributed by atoms with van der Waals surface area (Å²) in [5, 5.41) is 0. The molecule has 1 amide bonds. The van der Waals surface area contributed by atoms with E-state index in [1.54, 1.807) is 0 Å². The summed E-state index contributed by atoms with van der Waals surface area (Å²) in [5.41, 5.74) is 0. The summed E-state index contributed by atoms with van der Waals surface area (Å²) in [4.78, 5) is 13.6. The Balaban J connectivity index is 2.09. The van der Waals surface area contributed by atoms with Crippen molar-refractivity contribution in [3.63, 3.8) is 0 Å². The predicted octanol–water partition coefficient (Wildman–Crippen LogP) is 1.21. The van der Waals surface area contributed by atoms with Crippen molar-refractivity contribution in [2.75, 3.05) is 25.9 Å². The maximum absolute atomic E-state index is 12.8. The van der Waals surface area contributed by atoms with Crippen molar-refractivity contribution in [1.29, 1.82) is 0 Å². The van der Waals surface area contributed by atoms with Crippen LogP contribution in [0, 0.1) is 5.92 Å². The first-order valence-corrected chi connectivity index (χ1v) is 8.78. The molecule has 0 aromatic rings. The SMILES string of the molecule is CS(=O)(=O)N1CCC[C@H]1C(=O)N1CCC[C@H](C(F)(F)F)C1. The summed E-state index contributed by atoms with van der Waals surface area (Å²) in [6.45, 7) is 0.154. The van der Waals surface area contributed by atoms with Crippen LogP contribution >= 0.6 is 0 Å². The average Bonchev–Trinajstić information content (AvgIpc) is 2.86. The number of halogens is 3. The van der Waals surface area contributed by atoms with E-state index in [1.807, 2.05) is 0 Å². The first-order valence-electron chi connectivity index (χ1n) is 6.93. The minimum Gasteiger partial charge on any atom is -0.341 e. The second kappa shape index (κ2) is 5.75. The third kappa shape index (κ3) is 3.68. The topological polar surface area (TPSA) is 57.7 Å². The van der Waals surface area contributed by atoms with Gasteiger partial charge in [0.2, 0.25) is 15.9 Å². The Morgan fingerprint density at radius 3 is 2.33 bits per heavy atom. The van der Waals surface area contributed by atoms with E-state index in [2.05, 4.69) is 0 Å². The van der Waals surface area contributed by atoms with Crippen LogP contribution in [0.5, 0.6) is 0 Å². The van der Waals surface area contributed by atoms with Gasteiger partial charge in [0.05, 0.1) is 12.2 Å². The maximum atomic E-state index is 12.8. The summed E-state index contributed by atoms with van der Waals surface area (Å²) in [5.74, 6) is -2.00. The van der Waals surface area contributed by atoms with Crippen LogP contribution in [-0.2, 0) is 14.8 Å². The number of hydrogen-bond acceptors (Lipinski definition) is 3. The van der Waals surface area contributed by atoms with Crippen molar-refractivity contribution < 1.29 is 26.4 Å². The van der Waals surface area contributed by atoms with E-state index in [0.29, 0.717) is 19.3 Å². The molecule has 2 saturated heterocycles. The number of piperidine rings is 1. The highest BCUT2D eigenvalue weighted by molar-refractivity contribution is 7.88. The van der Waals surface area contributed by atoms with Gasteiger partial charge in [-0.2, -0.15) is 17.5 Å². The molecule has 0 unspecified atom stereocenters. The van der Waals surface area contributed by atoms with Crippen molar-refractivity contribution in [2.24, 2.45) is 5.92 Å². The number of carbonyl (C=O) groups excluding carboxylic acids is 1. The highest BCUT2D eigenvalue weighted by atomic mass is 32.2. The summed E-state index contributed by atoms with van der Waals surface area (Å²) in [6.07, 6.45) is -2.05. The standard InChI is InChI=1S/C12H19F3N2O3S/c1-21(19,20)17-7-3-5-10(17)11(18)16-6-2-4-9(8-16)12(13,14)15/h9-10H,2-8H2,1H3/t9-,10-/m0/s1. The fourth-order valence-electron chi connectivity index (χ4n) is 3.04. The lowest BCUT2D eigenvalue weighted by molar-refractivity contribution is -0.188. The number of amides is 1. The van der Waals surface area contributed by atoms with Crippen molar-refractivity contribution in [2.45, 2.75) is 37.9 Å². The second-order valence-corrected chi connectivity index (χ2v) is 7.63. The molecule has 2 heterocycles. The maximum Gasteiger partial charge on any atom is 0.393 e. The van der Waals surface area contributed by atoms with Crippen molar-refractivity contribution >= 4 is 15.9 Å². The van der Waals surface area contributed by atoms with Gasteiger partial charge < -0.3 is 4.90 Å². The predicted molar refractivity (Wildman–Crippen MR) is 69.9 cm³/mol. The molecule has 5 nitrogen and oxygen atoms in total. The van der Waals surface area contributed by atoms with Crippen molar-refractivity contribution in [1.82, 2.24) is 9.21 Å². The molecule has 0 aromatic heterocycles. The Bertz CT molecular complexity index is 506. The van der Waals surface area contributed by atoms with Gasteiger partial charge in [0.1, 0.15) is 6.04 Å². The largest absolute Gasteiger partial charge is 0.393 e. The van der Waals surface area contributed by atoms with Crippen LogP contribution in [0.4, 0.5) is 13.2 Å². The summed E-state index contributed by atoms with van der Waals surface area (Å²) < 4.78 is 62.7. The van der Waals surface area contributed by atoms with Crippen LogP contribution in [0.3, 0.4) is 0 Å². The smallest absolute Gasteiger partial charge is 0.341 e. The molecular weight excluding hydrogens is 309 g/mol. The van der Waals surface area contributed by atoms with E-state index < -0.39 is 34.1 Å². The Kier molecular flexibility index (Phi) is 4.53. The van der Waals surface area contributed by atoms with E-state index in [4.69, 9.17) is 0 Å². The van der Waals surface area contributed by atoms with E-state index in [0.717, 1.165) is 10.6 Å². The molecule has 2 fully saturated rings. The molecule has 0 aromatic carbocycles. The summed E-state index contributed by atoms with van der Waals surface area (Å²) in [7, 11) is -3.51. The van der Waals surface area contributed by atoms with Crippen LogP contribution < -0.4 is 0 Å². The quantitative estimate of drug-likeness (QED) is 0.766. The molecule has 2 aliphatic rings. The fraction of sp³-hybridized carbons (Fsp3) is 0.917. The number of nitrogens with zero attached hydrogens (tertiary/aromatic N) is 2. The fourth-order valence-corrected chi connectivity index (χ4v) is 4.16. The molecule has 0 spiro atoms. The molecule has 0 N–H and O–H groups in total. The average molecular weight is 328 g/mol. The molecule has 0 bridgehead atoms. The van der Waals surface area contributed by atoms with Gasteiger partial charge in [0.15, 0.2) is 0 Å².